The molecule has 0 unspecified atom stereocenters. The molecular weight excluding hydrogens is 198 g/mol. The van der Waals surface area contributed by atoms with E-state index in [4.69, 9.17) is 11.6 Å². The van der Waals surface area contributed by atoms with Crippen molar-refractivity contribution in [3.63, 3.8) is 0 Å². The van der Waals surface area contributed by atoms with Gasteiger partial charge in [-0.15, -0.1) is 0 Å². The summed E-state index contributed by atoms with van der Waals surface area (Å²) in [5.74, 6) is 0.669. The SMILES string of the molecule is Cc1cc(Cl)nc(N(C)C(C)(C)C)n1. The molecule has 1 aromatic heterocycles. The third kappa shape index (κ3) is 2.58. The minimum absolute atomic E-state index is 0.00285. The van der Waals surface area contributed by atoms with Crippen LogP contribution in [0.3, 0.4) is 0 Å². The van der Waals surface area contributed by atoms with Crippen molar-refractivity contribution in [1.82, 2.24) is 9.97 Å². The quantitative estimate of drug-likeness (QED) is 0.672. The van der Waals surface area contributed by atoms with Crippen LogP contribution in [0.25, 0.3) is 0 Å². The predicted molar refractivity (Wildman–Crippen MR) is 59.9 cm³/mol. The van der Waals surface area contributed by atoms with E-state index in [2.05, 4.69) is 30.7 Å². The van der Waals surface area contributed by atoms with Crippen molar-refractivity contribution in [3.8, 4) is 0 Å². The first-order chi connectivity index (χ1) is 6.30. The van der Waals surface area contributed by atoms with Crippen LogP contribution in [0, 0.1) is 6.92 Å². The maximum absolute atomic E-state index is 5.87. The molecule has 0 amide bonds. The minimum Gasteiger partial charge on any atom is -0.339 e. The Balaban J connectivity index is 3.07. The van der Waals surface area contributed by atoms with Gasteiger partial charge in [0.2, 0.25) is 5.95 Å². The van der Waals surface area contributed by atoms with Crippen LogP contribution in [0.4, 0.5) is 5.95 Å². The zero-order valence-electron chi connectivity index (χ0n) is 9.30. The molecular formula is C10H16ClN3. The van der Waals surface area contributed by atoms with Crippen molar-refractivity contribution >= 4 is 17.5 Å². The van der Waals surface area contributed by atoms with Gasteiger partial charge in [-0.1, -0.05) is 11.6 Å². The van der Waals surface area contributed by atoms with Gasteiger partial charge in [-0.3, -0.25) is 0 Å². The average molecular weight is 214 g/mol. The second kappa shape index (κ2) is 3.73. The lowest BCUT2D eigenvalue weighted by Crippen LogP contribution is -2.39. The predicted octanol–water partition coefficient (Wildman–Crippen LogP) is 2.67. The van der Waals surface area contributed by atoms with Gasteiger partial charge < -0.3 is 4.90 Å². The lowest BCUT2D eigenvalue weighted by molar-refractivity contribution is 0.528. The fraction of sp³-hybridized carbons (Fsp3) is 0.600. The van der Waals surface area contributed by atoms with E-state index in [1.807, 2.05) is 18.9 Å². The Labute approximate surface area is 90.1 Å². The van der Waals surface area contributed by atoms with Gasteiger partial charge in [0.15, 0.2) is 0 Å². The van der Waals surface area contributed by atoms with Gasteiger partial charge in [0.25, 0.3) is 0 Å². The fourth-order valence-corrected chi connectivity index (χ4v) is 1.20. The van der Waals surface area contributed by atoms with Gasteiger partial charge in [-0.05, 0) is 33.8 Å². The van der Waals surface area contributed by atoms with E-state index in [9.17, 15) is 0 Å². The highest BCUT2D eigenvalue weighted by molar-refractivity contribution is 6.29. The highest BCUT2D eigenvalue weighted by atomic mass is 35.5. The Morgan fingerprint density at radius 1 is 1.29 bits per heavy atom. The zero-order chi connectivity index (χ0) is 10.9. The largest absolute Gasteiger partial charge is 0.339 e. The molecule has 1 heterocycles. The lowest BCUT2D eigenvalue weighted by atomic mass is 10.1. The van der Waals surface area contributed by atoms with Crippen LogP contribution in [0.2, 0.25) is 5.15 Å². The van der Waals surface area contributed by atoms with Gasteiger partial charge in [0.1, 0.15) is 5.15 Å². The van der Waals surface area contributed by atoms with E-state index in [0.29, 0.717) is 11.1 Å². The molecule has 1 rings (SSSR count). The number of aromatic nitrogens is 2. The van der Waals surface area contributed by atoms with Crippen LogP contribution in [0.5, 0.6) is 0 Å². The molecule has 0 saturated heterocycles. The molecule has 0 aliphatic heterocycles. The summed E-state index contributed by atoms with van der Waals surface area (Å²) in [6.45, 7) is 8.22. The van der Waals surface area contributed by atoms with E-state index in [1.54, 1.807) is 6.07 Å². The number of hydrogen-bond donors (Lipinski definition) is 0. The molecule has 0 fully saturated rings. The molecule has 1 aromatic rings. The van der Waals surface area contributed by atoms with Crippen molar-refractivity contribution in [1.29, 1.82) is 0 Å². The molecule has 0 bridgehead atoms. The molecule has 78 valence electrons. The Kier molecular flexibility index (Phi) is 3.00. The van der Waals surface area contributed by atoms with Gasteiger partial charge >= 0.3 is 0 Å². The number of rotatable bonds is 1. The standard InChI is InChI=1S/C10H16ClN3/c1-7-6-8(11)13-9(12-7)14(5)10(2,3)4/h6H,1-5H3. The summed E-state index contributed by atoms with van der Waals surface area (Å²) in [6.07, 6.45) is 0. The van der Waals surface area contributed by atoms with Crippen molar-refractivity contribution < 1.29 is 0 Å². The molecule has 4 heteroatoms. The molecule has 0 aromatic carbocycles. The number of hydrogen-bond acceptors (Lipinski definition) is 3. The van der Waals surface area contributed by atoms with Crippen molar-refractivity contribution in [2.75, 3.05) is 11.9 Å². The molecule has 14 heavy (non-hydrogen) atoms. The fourth-order valence-electron chi connectivity index (χ4n) is 0.965. The van der Waals surface area contributed by atoms with Gasteiger partial charge in [0, 0.05) is 18.3 Å². The maximum atomic E-state index is 5.87. The van der Waals surface area contributed by atoms with E-state index in [0.717, 1.165) is 5.69 Å². The summed E-state index contributed by atoms with van der Waals surface area (Å²) in [4.78, 5) is 10.5. The maximum Gasteiger partial charge on any atom is 0.227 e. The van der Waals surface area contributed by atoms with Gasteiger partial charge in [-0.2, -0.15) is 0 Å². The third-order valence-corrected chi connectivity index (χ3v) is 2.31. The molecule has 3 nitrogen and oxygen atoms in total. The Hall–Kier alpha value is -0.830. The summed E-state index contributed by atoms with van der Waals surface area (Å²) in [5, 5.41) is 0.489. The van der Waals surface area contributed by atoms with Crippen LogP contribution >= 0.6 is 11.6 Å². The van der Waals surface area contributed by atoms with E-state index >= 15 is 0 Å². The first kappa shape index (κ1) is 11.2. The molecule has 0 atom stereocenters. The average Bonchev–Trinajstić information content (AvgIpc) is 1.99. The first-order valence-electron chi connectivity index (χ1n) is 4.56. The molecule has 0 spiro atoms. The van der Waals surface area contributed by atoms with Crippen molar-refractivity contribution in [2.24, 2.45) is 0 Å². The van der Waals surface area contributed by atoms with Crippen LogP contribution in [0.15, 0.2) is 6.07 Å². The molecule has 0 saturated carbocycles. The van der Waals surface area contributed by atoms with Crippen molar-refractivity contribution in [3.05, 3.63) is 16.9 Å². The van der Waals surface area contributed by atoms with Crippen LogP contribution in [0.1, 0.15) is 26.5 Å². The Bertz CT molecular complexity index is 310. The third-order valence-electron chi connectivity index (χ3n) is 2.12. The smallest absolute Gasteiger partial charge is 0.227 e. The van der Waals surface area contributed by atoms with Crippen LogP contribution in [-0.4, -0.2) is 22.6 Å². The van der Waals surface area contributed by atoms with Gasteiger partial charge in [-0.25, -0.2) is 9.97 Å². The van der Waals surface area contributed by atoms with Crippen molar-refractivity contribution in [2.45, 2.75) is 33.2 Å². The summed E-state index contributed by atoms with van der Waals surface area (Å²) in [5.41, 5.74) is 0.882. The number of anilines is 1. The van der Waals surface area contributed by atoms with E-state index in [1.165, 1.54) is 0 Å². The van der Waals surface area contributed by atoms with Crippen LogP contribution < -0.4 is 4.90 Å². The first-order valence-corrected chi connectivity index (χ1v) is 4.93. The van der Waals surface area contributed by atoms with Gasteiger partial charge in [0.05, 0.1) is 0 Å². The summed E-state index contributed by atoms with van der Waals surface area (Å²) < 4.78 is 0. The second-order valence-corrected chi connectivity index (χ2v) is 4.75. The monoisotopic (exact) mass is 213 g/mol. The minimum atomic E-state index is -0.00285. The molecule has 0 aliphatic rings. The number of nitrogens with zero attached hydrogens (tertiary/aromatic N) is 3. The summed E-state index contributed by atoms with van der Waals surface area (Å²) in [7, 11) is 1.96. The molecule has 0 radical (unpaired) electrons. The Morgan fingerprint density at radius 2 is 1.86 bits per heavy atom. The normalized spacial score (nSPS) is 11.6. The van der Waals surface area contributed by atoms with E-state index < -0.39 is 0 Å². The summed E-state index contributed by atoms with van der Waals surface area (Å²) in [6, 6.07) is 1.75. The Morgan fingerprint density at radius 3 is 2.29 bits per heavy atom. The van der Waals surface area contributed by atoms with E-state index in [-0.39, 0.29) is 5.54 Å². The highest BCUT2D eigenvalue weighted by Gasteiger charge is 2.20. The molecule has 0 aliphatic carbocycles. The number of aryl methyl sites for hydroxylation is 1. The number of halogens is 1. The second-order valence-electron chi connectivity index (χ2n) is 4.36. The molecule has 0 N–H and O–H groups in total. The van der Waals surface area contributed by atoms with Crippen LogP contribution in [-0.2, 0) is 0 Å². The highest BCUT2D eigenvalue weighted by Crippen LogP contribution is 2.19. The summed E-state index contributed by atoms with van der Waals surface area (Å²) >= 11 is 5.87. The zero-order valence-corrected chi connectivity index (χ0v) is 10.1. The lowest BCUT2D eigenvalue weighted by Gasteiger charge is -2.32. The topological polar surface area (TPSA) is 29.0 Å².